The number of aryl methyl sites for hydroxylation is 1. The van der Waals surface area contributed by atoms with E-state index in [1.165, 1.54) is 17.8 Å². The lowest BCUT2D eigenvalue weighted by molar-refractivity contribution is 0.0699. The van der Waals surface area contributed by atoms with Crippen LogP contribution in [0.3, 0.4) is 0 Å². The van der Waals surface area contributed by atoms with Crippen molar-refractivity contribution in [3.8, 4) is 0 Å². The Labute approximate surface area is 205 Å². The summed E-state index contributed by atoms with van der Waals surface area (Å²) >= 11 is 7.53. The molecule has 11 heteroatoms. The number of anilines is 1. The van der Waals surface area contributed by atoms with Gasteiger partial charge in [0, 0.05) is 31.2 Å². The number of rotatable bonds is 7. The molecule has 1 saturated heterocycles. The molecule has 9 nitrogen and oxygen atoms in total. The van der Waals surface area contributed by atoms with Crippen LogP contribution in [0.5, 0.6) is 0 Å². The van der Waals surface area contributed by atoms with Gasteiger partial charge in [-0.2, -0.15) is 0 Å². The lowest BCUT2D eigenvalue weighted by atomic mass is 9.90. The van der Waals surface area contributed by atoms with Crippen LogP contribution in [-0.2, 0) is 6.42 Å². The van der Waals surface area contributed by atoms with E-state index in [0.717, 1.165) is 30.1 Å². The first-order valence-electron chi connectivity index (χ1n) is 11.6. The number of benzene rings is 1. The molecule has 0 bridgehead atoms. The second-order valence-electron chi connectivity index (χ2n) is 8.88. The Hall–Kier alpha value is -2.69. The van der Waals surface area contributed by atoms with E-state index in [9.17, 15) is 14.7 Å². The Morgan fingerprint density at radius 3 is 2.76 bits per heavy atom. The number of carboxylic acid groups (broad SMARTS) is 1. The maximum Gasteiger partial charge on any atom is 0.337 e. The third kappa shape index (κ3) is 4.49. The zero-order chi connectivity index (χ0) is 23.8. The van der Waals surface area contributed by atoms with Crippen LogP contribution in [0.1, 0.15) is 59.3 Å². The number of aromatic carboxylic acids is 1. The van der Waals surface area contributed by atoms with Crippen LogP contribution in [0.2, 0.25) is 5.15 Å². The molecule has 1 saturated carbocycles. The van der Waals surface area contributed by atoms with Gasteiger partial charge >= 0.3 is 5.97 Å². The van der Waals surface area contributed by atoms with Gasteiger partial charge in [-0.15, -0.1) is 0 Å². The molecule has 1 aliphatic heterocycles. The summed E-state index contributed by atoms with van der Waals surface area (Å²) in [6.45, 7) is 3.33. The van der Waals surface area contributed by atoms with E-state index in [4.69, 9.17) is 16.6 Å². The quantitative estimate of drug-likeness (QED) is 0.390. The van der Waals surface area contributed by atoms with Gasteiger partial charge < -0.3 is 25.6 Å². The molecule has 4 N–H and O–H groups in total. The molecule has 5 rings (SSSR count). The van der Waals surface area contributed by atoms with Gasteiger partial charge in [-0.05, 0) is 37.8 Å². The van der Waals surface area contributed by atoms with Crippen LogP contribution in [0.25, 0.3) is 10.2 Å². The van der Waals surface area contributed by atoms with Crippen LogP contribution in [-0.4, -0.2) is 63.1 Å². The summed E-state index contributed by atoms with van der Waals surface area (Å²) < 4.78 is 0.686. The topological polar surface area (TPSA) is 123 Å². The van der Waals surface area contributed by atoms with E-state index in [0.29, 0.717) is 40.9 Å². The minimum absolute atomic E-state index is 0.0324. The lowest BCUT2D eigenvalue weighted by Gasteiger charge is -2.42. The molecule has 1 aliphatic carbocycles. The smallest absolute Gasteiger partial charge is 0.337 e. The standard InChI is InChI=1S/C23H27ClN6O3S/c1-2-14-19(24)29-20(26-14)21(31)27-15-9-10-30(11-17(15)25-12-5-3-6-12)23-28-16-8-4-7-13(22(32)33)18(16)34-23/h4,7-8,12,15,17,25H,2-3,5-6,9-11H2,1H3,(H,26,29)(H,27,31)(H,32,33)/t15-,17+/m0/s1. The van der Waals surface area contributed by atoms with Gasteiger partial charge in [0.15, 0.2) is 16.1 Å². The first kappa shape index (κ1) is 23.1. The van der Waals surface area contributed by atoms with Crippen LogP contribution in [0, 0.1) is 0 Å². The second kappa shape index (κ2) is 9.52. The molecular formula is C23H27ClN6O3S. The van der Waals surface area contributed by atoms with Gasteiger partial charge in [-0.3, -0.25) is 4.79 Å². The highest BCUT2D eigenvalue weighted by Gasteiger charge is 2.35. The highest BCUT2D eigenvalue weighted by atomic mass is 35.5. The zero-order valence-corrected chi connectivity index (χ0v) is 20.4. The highest BCUT2D eigenvalue weighted by Crippen LogP contribution is 2.33. The predicted octanol–water partition coefficient (Wildman–Crippen LogP) is 3.45. The maximum absolute atomic E-state index is 12.9. The van der Waals surface area contributed by atoms with Crippen LogP contribution in [0.15, 0.2) is 18.2 Å². The summed E-state index contributed by atoms with van der Waals surface area (Å²) in [6, 6.07) is 5.59. The molecule has 2 aliphatic rings. The van der Waals surface area contributed by atoms with Crippen molar-refractivity contribution >= 4 is 50.2 Å². The molecular weight excluding hydrogens is 476 g/mol. The minimum Gasteiger partial charge on any atom is -0.478 e. The average Bonchev–Trinajstić information content (AvgIpc) is 3.40. The van der Waals surface area contributed by atoms with E-state index >= 15 is 0 Å². The van der Waals surface area contributed by atoms with E-state index in [-0.39, 0.29) is 29.4 Å². The molecule has 2 atom stereocenters. The fourth-order valence-corrected chi connectivity index (χ4v) is 5.92. The molecule has 0 spiro atoms. The normalized spacial score (nSPS) is 20.9. The largest absolute Gasteiger partial charge is 0.478 e. The number of piperidine rings is 1. The second-order valence-corrected chi connectivity index (χ2v) is 10.2. The number of nitrogens with zero attached hydrogens (tertiary/aromatic N) is 3. The number of hydrogen-bond acceptors (Lipinski definition) is 7. The summed E-state index contributed by atoms with van der Waals surface area (Å²) in [7, 11) is 0. The number of aromatic nitrogens is 3. The number of carbonyl (C=O) groups is 2. The first-order chi connectivity index (χ1) is 16.4. The number of carbonyl (C=O) groups excluding carboxylic acids is 1. The van der Waals surface area contributed by atoms with Gasteiger partial charge in [0.2, 0.25) is 0 Å². The van der Waals surface area contributed by atoms with Crippen molar-refractivity contribution in [1.82, 2.24) is 25.6 Å². The van der Waals surface area contributed by atoms with E-state index in [1.807, 2.05) is 13.0 Å². The highest BCUT2D eigenvalue weighted by molar-refractivity contribution is 7.22. The maximum atomic E-state index is 12.9. The number of H-pyrrole nitrogens is 1. The number of aromatic amines is 1. The third-order valence-electron chi connectivity index (χ3n) is 6.69. The summed E-state index contributed by atoms with van der Waals surface area (Å²) in [5, 5.41) is 17.5. The molecule has 34 heavy (non-hydrogen) atoms. The number of nitrogens with one attached hydrogen (secondary N) is 3. The van der Waals surface area contributed by atoms with Gasteiger partial charge in [-0.1, -0.05) is 42.3 Å². The number of thiazole rings is 1. The van der Waals surface area contributed by atoms with E-state index in [1.54, 1.807) is 12.1 Å². The SMILES string of the molecule is CCc1[nH]c(C(=O)N[C@H]2CCN(c3nc4cccc(C(=O)O)c4s3)C[C@H]2NC2CCC2)nc1Cl. The van der Waals surface area contributed by atoms with E-state index in [2.05, 4.69) is 25.5 Å². The predicted molar refractivity (Wildman–Crippen MR) is 132 cm³/mol. The fraction of sp³-hybridized carbons (Fsp3) is 0.478. The van der Waals surface area contributed by atoms with Crippen molar-refractivity contribution in [3.63, 3.8) is 0 Å². The van der Waals surface area contributed by atoms with Crippen LogP contribution < -0.4 is 15.5 Å². The summed E-state index contributed by atoms with van der Waals surface area (Å²) in [4.78, 5) is 38.6. The van der Waals surface area contributed by atoms with Crippen molar-refractivity contribution in [2.24, 2.45) is 0 Å². The van der Waals surface area contributed by atoms with Gasteiger partial charge in [0.25, 0.3) is 5.91 Å². The lowest BCUT2D eigenvalue weighted by Crippen LogP contribution is -2.62. The van der Waals surface area contributed by atoms with Gasteiger partial charge in [-0.25, -0.2) is 14.8 Å². The Bertz CT molecular complexity index is 1220. The molecule has 1 aromatic carbocycles. The average molecular weight is 503 g/mol. The Kier molecular flexibility index (Phi) is 6.46. The Morgan fingerprint density at radius 1 is 1.26 bits per heavy atom. The molecule has 2 aromatic heterocycles. The van der Waals surface area contributed by atoms with Crippen LogP contribution in [0.4, 0.5) is 5.13 Å². The zero-order valence-electron chi connectivity index (χ0n) is 18.8. The number of amides is 1. The Morgan fingerprint density at radius 2 is 2.09 bits per heavy atom. The molecule has 0 unspecified atom stereocenters. The molecule has 1 amide bonds. The summed E-state index contributed by atoms with van der Waals surface area (Å²) in [5.74, 6) is -0.971. The van der Waals surface area contributed by atoms with Crippen molar-refractivity contribution in [2.75, 3.05) is 18.0 Å². The fourth-order valence-electron chi connectivity index (χ4n) is 4.55. The van der Waals surface area contributed by atoms with Crippen LogP contribution >= 0.6 is 22.9 Å². The molecule has 3 aromatic rings. The van der Waals surface area contributed by atoms with E-state index < -0.39 is 5.97 Å². The number of carboxylic acids is 1. The number of hydrogen-bond donors (Lipinski definition) is 4. The van der Waals surface area contributed by atoms with Crippen molar-refractivity contribution in [1.29, 1.82) is 0 Å². The van der Waals surface area contributed by atoms with Crippen molar-refractivity contribution < 1.29 is 14.7 Å². The monoisotopic (exact) mass is 502 g/mol. The molecule has 3 heterocycles. The minimum atomic E-state index is -0.948. The molecule has 180 valence electrons. The van der Waals surface area contributed by atoms with Gasteiger partial charge in [0.1, 0.15) is 0 Å². The van der Waals surface area contributed by atoms with Crippen molar-refractivity contribution in [3.05, 3.63) is 40.4 Å². The molecule has 0 radical (unpaired) electrons. The van der Waals surface area contributed by atoms with Gasteiger partial charge in [0.05, 0.1) is 21.5 Å². The Balaban J connectivity index is 1.34. The summed E-state index contributed by atoms with van der Waals surface area (Å²) in [6.07, 6.45) is 4.88. The number of imidazole rings is 1. The van der Waals surface area contributed by atoms with Crippen molar-refractivity contribution in [2.45, 2.75) is 57.2 Å². The molecule has 2 fully saturated rings. The number of halogens is 1. The summed E-state index contributed by atoms with van der Waals surface area (Å²) in [5.41, 5.74) is 1.72. The first-order valence-corrected chi connectivity index (χ1v) is 12.8. The number of fused-ring (bicyclic) bond motifs is 1. The third-order valence-corrected chi connectivity index (χ3v) is 8.16.